The van der Waals surface area contributed by atoms with Gasteiger partial charge >= 0.3 is 6.03 Å². The van der Waals surface area contributed by atoms with Crippen LogP contribution in [0.2, 0.25) is 0 Å². The van der Waals surface area contributed by atoms with Crippen molar-refractivity contribution in [1.82, 2.24) is 25.5 Å². The first-order chi connectivity index (χ1) is 16.1. The molecule has 33 heavy (non-hydrogen) atoms. The molecule has 0 aliphatic carbocycles. The molecule has 0 bridgehead atoms. The number of urea groups is 1. The van der Waals surface area contributed by atoms with Gasteiger partial charge in [0.2, 0.25) is 5.91 Å². The first-order valence-electron chi connectivity index (χ1n) is 10.9. The maximum atomic E-state index is 12.6. The van der Waals surface area contributed by atoms with Crippen molar-refractivity contribution in [1.29, 1.82) is 0 Å². The van der Waals surface area contributed by atoms with Crippen molar-refractivity contribution >= 4 is 34.6 Å². The van der Waals surface area contributed by atoms with E-state index in [4.69, 9.17) is 14.7 Å². The van der Waals surface area contributed by atoms with Crippen LogP contribution in [-0.2, 0) is 22.6 Å². The number of hydrogen-bond acceptors (Lipinski definition) is 7. The minimum Gasteiger partial charge on any atom is -0.379 e. The number of carbonyl (C=O) groups is 2. The lowest BCUT2D eigenvalue weighted by molar-refractivity contribution is -0.119. The van der Waals surface area contributed by atoms with E-state index in [1.807, 2.05) is 54.6 Å². The summed E-state index contributed by atoms with van der Waals surface area (Å²) in [6.07, 6.45) is 0. The van der Waals surface area contributed by atoms with E-state index in [0.29, 0.717) is 32.1 Å². The SMILES string of the molecule is CC(Sc1nc(CN2CCOCC2)nc2ccccc12)C(=O)NC(=O)NCc1ccccc1. The summed E-state index contributed by atoms with van der Waals surface area (Å²) >= 11 is 1.33. The average Bonchev–Trinajstić information content (AvgIpc) is 2.84. The van der Waals surface area contributed by atoms with Crippen LogP contribution in [0.25, 0.3) is 10.9 Å². The number of imide groups is 1. The number of aromatic nitrogens is 2. The van der Waals surface area contributed by atoms with Crippen LogP contribution < -0.4 is 10.6 Å². The minimum absolute atomic E-state index is 0.350. The summed E-state index contributed by atoms with van der Waals surface area (Å²) in [7, 11) is 0. The van der Waals surface area contributed by atoms with Gasteiger partial charge in [-0.1, -0.05) is 60.3 Å². The zero-order valence-electron chi connectivity index (χ0n) is 18.5. The van der Waals surface area contributed by atoms with Crippen molar-refractivity contribution in [3.63, 3.8) is 0 Å². The normalized spacial score (nSPS) is 15.2. The summed E-state index contributed by atoms with van der Waals surface area (Å²) in [6.45, 7) is 5.85. The number of ether oxygens (including phenoxy) is 1. The molecule has 1 fully saturated rings. The molecule has 8 nitrogen and oxygen atoms in total. The van der Waals surface area contributed by atoms with Gasteiger partial charge in [0.1, 0.15) is 10.9 Å². The zero-order valence-corrected chi connectivity index (χ0v) is 19.3. The second-order valence-corrected chi connectivity index (χ2v) is 9.10. The van der Waals surface area contributed by atoms with E-state index in [9.17, 15) is 9.59 Å². The highest BCUT2D eigenvalue weighted by Crippen LogP contribution is 2.29. The van der Waals surface area contributed by atoms with E-state index in [2.05, 4.69) is 15.5 Å². The summed E-state index contributed by atoms with van der Waals surface area (Å²) in [6, 6.07) is 16.8. The smallest absolute Gasteiger partial charge is 0.321 e. The fourth-order valence-corrected chi connectivity index (χ4v) is 4.43. The molecule has 2 N–H and O–H groups in total. The molecule has 4 rings (SSSR count). The molecule has 1 aliphatic rings. The Labute approximate surface area is 197 Å². The molecule has 1 atom stereocenters. The topological polar surface area (TPSA) is 96.4 Å². The van der Waals surface area contributed by atoms with E-state index in [1.54, 1.807) is 6.92 Å². The highest BCUT2D eigenvalue weighted by molar-refractivity contribution is 8.00. The summed E-state index contributed by atoms with van der Waals surface area (Å²) < 4.78 is 5.42. The third-order valence-electron chi connectivity index (χ3n) is 5.27. The van der Waals surface area contributed by atoms with Gasteiger partial charge in [0.15, 0.2) is 0 Å². The van der Waals surface area contributed by atoms with Gasteiger partial charge in [0, 0.05) is 25.0 Å². The molecule has 2 heterocycles. The summed E-state index contributed by atoms with van der Waals surface area (Å²) in [4.78, 5) is 36.6. The Kier molecular flexibility index (Phi) is 7.87. The number of benzene rings is 2. The number of rotatable bonds is 7. The van der Waals surface area contributed by atoms with E-state index in [0.717, 1.165) is 34.6 Å². The second-order valence-electron chi connectivity index (χ2n) is 7.77. The van der Waals surface area contributed by atoms with Gasteiger partial charge < -0.3 is 10.1 Å². The highest BCUT2D eigenvalue weighted by Gasteiger charge is 2.21. The largest absolute Gasteiger partial charge is 0.379 e. The number of carbonyl (C=O) groups excluding carboxylic acids is 2. The van der Waals surface area contributed by atoms with Crippen LogP contribution >= 0.6 is 11.8 Å². The Bertz CT molecular complexity index is 1110. The summed E-state index contributed by atoms with van der Waals surface area (Å²) in [5.74, 6) is 0.342. The molecule has 0 spiro atoms. The van der Waals surface area contributed by atoms with E-state index in [1.165, 1.54) is 11.8 Å². The second kappa shape index (κ2) is 11.2. The van der Waals surface area contributed by atoms with Crippen LogP contribution in [0.15, 0.2) is 59.6 Å². The van der Waals surface area contributed by atoms with E-state index in [-0.39, 0.29) is 5.91 Å². The van der Waals surface area contributed by atoms with Crippen LogP contribution in [0.5, 0.6) is 0 Å². The Morgan fingerprint density at radius 1 is 1.06 bits per heavy atom. The number of amides is 3. The molecule has 172 valence electrons. The molecule has 0 radical (unpaired) electrons. The predicted molar refractivity (Wildman–Crippen MR) is 128 cm³/mol. The Morgan fingerprint density at radius 2 is 1.79 bits per heavy atom. The van der Waals surface area contributed by atoms with Crippen LogP contribution in [-0.4, -0.2) is 58.4 Å². The maximum Gasteiger partial charge on any atom is 0.321 e. The van der Waals surface area contributed by atoms with Gasteiger partial charge in [0.05, 0.1) is 30.5 Å². The zero-order chi connectivity index (χ0) is 23.0. The van der Waals surface area contributed by atoms with Crippen molar-refractivity contribution in [2.75, 3.05) is 26.3 Å². The quantitative estimate of drug-likeness (QED) is 0.409. The third kappa shape index (κ3) is 6.50. The van der Waals surface area contributed by atoms with Crippen molar-refractivity contribution in [2.24, 2.45) is 0 Å². The van der Waals surface area contributed by atoms with E-state index >= 15 is 0 Å². The lowest BCUT2D eigenvalue weighted by Gasteiger charge is -2.26. The first-order valence-corrected chi connectivity index (χ1v) is 11.8. The Hall–Kier alpha value is -3.01. The van der Waals surface area contributed by atoms with Crippen molar-refractivity contribution in [2.45, 2.75) is 30.3 Å². The molecular formula is C24H27N5O3S. The molecule has 3 amide bonds. The van der Waals surface area contributed by atoms with E-state index < -0.39 is 11.3 Å². The number of morpholine rings is 1. The maximum absolute atomic E-state index is 12.6. The average molecular weight is 466 g/mol. The number of nitrogens with zero attached hydrogens (tertiary/aromatic N) is 3. The van der Waals surface area contributed by atoms with Crippen molar-refractivity contribution < 1.29 is 14.3 Å². The number of nitrogens with one attached hydrogen (secondary N) is 2. The minimum atomic E-state index is -0.517. The van der Waals surface area contributed by atoms with Gasteiger partial charge in [-0.05, 0) is 18.6 Å². The number of hydrogen-bond donors (Lipinski definition) is 2. The fourth-order valence-electron chi connectivity index (χ4n) is 3.47. The molecular weight excluding hydrogens is 438 g/mol. The first kappa shape index (κ1) is 23.2. The number of thioether (sulfide) groups is 1. The highest BCUT2D eigenvalue weighted by atomic mass is 32.2. The van der Waals surface area contributed by atoms with Crippen molar-refractivity contribution in [3.05, 3.63) is 66.0 Å². The fraction of sp³-hybridized carbons (Fsp3) is 0.333. The predicted octanol–water partition coefficient (Wildman–Crippen LogP) is 2.97. The molecule has 1 aliphatic heterocycles. The molecule has 1 unspecified atom stereocenters. The van der Waals surface area contributed by atoms with Gasteiger partial charge in [-0.2, -0.15) is 0 Å². The van der Waals surface area contributed by atoms with Crippen LogP contribution in [0.1, 0.15) is 18.3 Å². The van der Waals surface area contributed by atoms with Crippen molar-refractivity contribution in [3.8, 4) is 0 Å². The monoisotopic (exact) mass is 465 g/mol. The van der Waals surface area contributed by atoms with Gasteiger partial charge in [-0.25, -0.2) is 14.8 Å². The molecule has 9 heteroatoms. The van der Waals surface area contributed by atoms with Crippen LogP contribution in [0, 0.1) is 0 Å². The van der Waals surface area contributed by atoms with Gasteiger partial charge in [-0.3, -0.25) is 15.0 Å². The Morgan fingerprint density at radius 3 is 2.58 bits per heavy atom. The molecule has 2 aromatic carbocycles. The molecule has 0 saturated carbocycles. The standard InChI is InChI=1S/C24H27N5O3S/c1-17(22(30)28-24(31)25-15-18-7-3-2-4-8-18)33-23-19-9-5-6-10-20(19)26-21(27-23)16-29-11-13-32-14-12-29/h2-10,17H,11-16H2,1H3,(H2,25,28,30,31). The summed E-state index contributed by atoms with van der Waals surface area (Å²) in [5.41, 5.74) is 1.80. The molecule has 1 aromatic heterocycles. The lowest BCUT2D eigenvalue weighted by atomic mass is 10.2. The third-order valence-corrected chi connectivity index (χ3v) is 6.38. The van der Waals surface area contributed by atoms with Gasteiger partial charge in [0.25, 0.3) is 0 Å². The van der Waals surface area contributed by atoms with Gasteiger partial charge in [-0.15, -0.1) is 0 Å². The summed E-state index contributed by atoms with van der Waals surface area (Å²) in [5, 5.41) is 6.25. The lowest BCUT2D eigenvalue weighted by Crippen LogP contribution is -2.42. The number of para-hydroxylation sites is 1. The van der Waals surface area contributed by atoms with Crippen LogP contribution in [0.3, 0.4) is 0 Å². The number of fused-ring (bicyclic) bond motifs is 1. The molecule has 3 aromatic rings. The Balaban J connectivity index is 1.40. The van der Waals surface area contributed by atoms with Crippen LogP contribution in [0.4, 0.5) is 4.79 Å². The molecule has 1 saturated heterocycles.